The average Bonchev–Trinajstić information content (AvgIpc) is 3.07. The average molecular weight is 411 g/mol. The molecule has 2 aromatic carbocycles. The Morgan fingerprint density at radius 2 is 1.86 bits per heavy atom. The Bertz CT molecular complexity index is 1220. The number of nitriles is 1. The van der Waals surface area contributed by atoms with Crippen molar-refractivity contribution >= 4 is 10.0 Å². The van der Waals surface area contributed by atoms with E-state index in [2.05, 4.69) is 9.68 Å². The topological polar surface area (TPSA) is 110 Å². The van der Waals surface area contributed by atoms with E-state index in [-0.39, 0.29) is 22.9 Å². The summed E-state index contributed by atoms with van der Waals surface area (Å²) in [6, 6.07) is 8.15. The number of hydrogen-bond donors (Lipinski definition) is 1. The number of sulfonamides is 1. The molecule has 0 aliphatic rings. The number of nitrogens with two attached hydrogens (primary N) is 1. The lowest BCUT2D eigenvalue weighted by Crippen LogP contribution is -2.14. The molecule has 6 nitrogen and oxygen atoms in total. The minimum absolute atomic E-state index is 0.139. The van der Waals surface area contributed by atoms with Crippen LogP contribution in [0, 0.1) is 23.0 Å². The normalized spacial score (nSPS) is 11.6. The third kappa shape index (κ3) is 3.47. The van der Waals surface area contributed by atoms with Crippen molar-refractivity contribution in [2.75, 3.05) is 0 Å². The summed E-state index contributed by atoms with van der Waals surface area (Å²) in [7, 11) is -4.58. The van der Waals surface area contributed by atoms with Gasteiger partial charge in [0, 0.05) is 11.1 Å². The highest BCUT2D eigenvalue weighted by Crippen LogP contribution is 2.41. The molecule has 0 aliphatic heterocycles. The number of rotatable bonds is 4. The van der Waals surface area contributed by atoms with Crippen molar-refractivity contribution in [3.05, 3.63) is 59.4 Å². The Labute approximate surface area is 155 Å². The summed E-state index contributed by atoms with van der Waals surface area (Å²) >= 11 is 0. The Morgan fingerprint density at radius 1 is 1.14 bits per heavy atom. The monoisotopic (exact) mass is 411 g/mol. The van der Waals surface area contributed by atoms with Gasteiger partial charge >= 0.3 is 0 Å². The van der Waals surface area contributed by atoms with Gasteiger partial charge in [-0.1, -0.05) is 17.3 Å². The number of alkyl halides is 2. The van der Waals surface area contributed by atoms with E-state index in [1.54, 1.807) is 0 Å². The van der Waals surface area contributed by atoms with E-state index < -0.39 is 49.9 Å². The van der Waals surface area contributed by atoms with Crippen LogP contribution in [-0.2, 0) is 10.0 Å². The van der Waals surface area contributed by atoms with Gasteiger partial charge in [-0.25, -0.2) is 31.1 Å². The molecular weight excluding hydrogens is 402 g/mol. The third-order valence-electron chi connectivity index (χ3n) is 3.78. The number of nitrogens with zero attached hydrogens (tertiary/aromatic N) is 2. The second-order valence-corrected chi connectivity index (χ2v) is 7.10. The summed E-state index contributed by atoms with van der Waals surface area (Å²) in [6.45, 7) is 0. The molecule has 11 heteroatoms. The van der Waals surface area contributed by atoms with Gasteiger partial charge in [0.15, 0.2) is 0 Å². The van der Waals surface area contributed by atoms with Gasteiger partial charge in [-0.2, -0.15) is 5.26 Å². The fraction of sp³-hybridized carbons (Fsp3) is 0.0588. The fourth-order valence-electron chi connectivity index (χ4n) is 2.58. The van der Waals surface area contributed by atoms with E-state index in [0.717, 1.165) is 0 Å². The van der Waals surface area contributed by atoms with Crippen LogP contribution in [0.25, 0.3) is 22.4 Å². The highest BCUT2D eigenvalue weighted by Gasteiger charge is 2.29. The van der Waals surface area contributed by atoms with E-state index in [1.807, 2.05) is 6.07 Å². The first-order valence-electron chi connectivity index (χ1n) is 7.44. The van der Waals surface area contributed by atoms with Crippen LogP contribution in [0.3, 0.4) is 0 Å². The van der Waals surface area contributed by atoms with Gasteiger partial charge in [0.25, 0.3) is 6.43 Å². The minimum Gasteiger partial charge on any atom is -0.354 e. The zero-order chi connectivity index (χ0) is 20.6. The van der Waals surface area contributed by atoms with Crippen molar-refractivity contribution in [2.45, 2.75) is 11.3 Å². The summed E-state index contributed by atoms with van der Waals surface area (Å²) < 4.78 is 82.8. The quantitative estimate of drug-likeness (QED) is 0.658. The highest BCUT2D eigenvalue weighted by atomic mass is 32.2. The molecule has 3 rings (SSSR count). The van der Waals surface area contributed by atoms with Gasteiger partial charge in [0.05, 0.1) is 17.2 Å². The molecule has 0 aliphatic carbocycles. The second kappa shape index (κ2) is 7.06. The van der Waals surface area contributed by atoms with Crippen LogP contribution in [0.1, 0.15) is 17.7 Å². The summed E-state index contributed by atoms with van der Waals surface area (Å²) in [5.74, 6) is -3.80. The first kappa shape index (κ1) is 19.5. The minimum atomic E-state index is -4.58. The van der Waals surface area contributed by atoms with Gasteiger partial charge in [-0.15, -0.1) is 0 Å². The SMILES string of the molecule is N#Cc1cccc(-c2noc(C(F)F)c2-c2cc(F)c(S(N)(=O)=O)cc2F)c1. The van der Waals surface area contributed by atoms with Crippen LogP contribution in [0.4, 0.5) is 17.6 Å². The molecule has 28 heavy (non-hydrogen) atoms. The van der Waals surface area contributed by atoms with Gasteiger partial charge in [-0.05, 0) is 24.3 Å². The lowest BCUT2D eigenvalue weighted by molar-refractivity contribution is 0.113. The first-order valence-corrected chi connectivity index (χ1v) is 8.98. The second-order valence-electron chi connectivity index (χ2n) is 5.57. The molecule has 3 aromatic rings. The van der Waals surface area contributed by atoms with Gasteiger partial charge in [0.2, 0.25) is 15.8 Å². The number of hydrogen-bond acceptors (Lipinski definition) is 5. The molecule has 0 saturated carbocycles. The maximum absolute atomic E-state index is 14.6. The summed E-state index contributed by atoms with van der Waals surface area (Å²) in [4.78, 5) is -1.13. The van der Waals surface area contributed by atoms with Crippen LogP contribution in [0.15, 0.2) is 45.8 Å². The van der Waals surface area contributed by atoms with Crippen LogP contribution in [-0.4, -0.2) is 13.6 Å². The predicted molar refractivity (Wildman–Crippen MR) is 88.3 cm³/mol. The Balaban J connectivity index is 2.31. The third-order valence-corrected chi connectivity index (χ3v) is 4.71. The Morgan fingerprint density at radius 3 is 2.46 bits per heavy atom. The number of halogens is 4. The maximum Gasteiger partial charge on any atom is 0.298 e. The van der Waals surface area contributed by atoms with E-state index in [9.17, 15) is 26.0 Å². The van der Waals surface area contributed by atoms with E-state index in [0.29, 0.717) is 6.07 Å². The van der Waals surface area contributed by atoms with Crippen LogP contribution in [0.5, 0.6) is 0 Å². The standard InChI is InChI=1S/C17H9F4N3O3S/c18-11-6-13(28(23,25)26)12(19)5-10(11)14-15(24-27-16(14)17(20)21)9-3-1-2-8(4-9)7-22/h1-6,17H,(H2,23,25,26). The number of primary sulfonamides is 1. The molecule has 0 spiro atoms. The molecule has 0 bridgehead atoms. The van der Waals surface area contributed by atoms with Gasteiger partial charge in [0.1, 0.15) is 22.2 Å². The Kier molecular flexibility index (Phi) is 4.93. The van der Waals surface area contributed by atoms with Crippen molar-refractivity contribution in [1.29, 1.82) is 5.26 Å². The first-order chi connectivity index (χ1) is 13.1. The van der Waals surface area contributed by atoms with E-state index >= 15 is 0 Å². The molecule has 2 N–H and O–H groups in total. The molecule has 0 atom stereocenters. The maximum atomic E-state index is 14.6. The predicted octanol–water partition coefficient (Wildman–Crippen LogP) is 3.74. The molecule has 0 unspecified atom stereocenters. The van der Waals surface area contributed by atoms with Crippen LogP contribution < -0.4 is 5.14 Å². The van der Waals surface area contributed by atoms with E-state index in [1.165, 1.54) is 24.3 Å². The molecule has 1 aromatic heterocycles. The zero-order valence-electron chi connectivity index (χ0n) is 13.7. The lowest BCUT2D eigenvalue weighted by Gasteiger charge is -2.09. The van der Waals surface area contributed by atoms with E-state index in [4.69, 9.17) is 10.4 Å². The largest absolute Gasteiger partial charge is 0.354 e. The van der Waals surface area contributed by atoms with Gasteiger partial charge < -0.3 is 4.52 Å². The molecule has 0 saturated heterocycles. The highest BCUT2D eigenvalue weighted by molar-refractivity contribution is 7.89. The smallest absolute Gasteiger partial charge is 0.298 e. The number of aromatic nitrogens is 1. The van der Waals surface area contributed by atoms with Crippen molar-refractivity contribution < 1.29 is 30.5 Å². The van der Waals surface area contributed by atoms with Crippen molar-refractivity contribution in [1.82, 2.24) is 5.16 Å². The molecule has 1 heterocycles. The molecular formula is C17H9F4N3O3S. The molecule has 144 valence electrons. The van der Waals surface area contributed by atoms with Crippen LogP contribution in [0.2, 0.25) is 0 Å². The Hall–Kier alpha value is -3.23. The lowest BCUT2D eigenvalue weighted by atomic mass is 9.97. The van der Waals surface area contributed by atoms with Crippen LogP contribution >= 0.6 is 0 Å². The number of benzene rings is 2. The molecule has 0 amide bonds. The van der Waals surface area contributed by atoms with Crippen molar-refractivity contribution in [2.24, 2.45) is 5.14 Å². The summed E-state index contributed by atoms with van der Waals surface area (Å²) in [6.07, 6.45) is -3.23. The fourth-order valence-corrected chi connectivity index (χ4v) is 3.18. The summed E-state index contributed by atoms with van der Waals surface area (Å²) in [5.41, 5.74) is -1.23. The van der Waals surface area contributed by atoms with Gasteiger partial charge in [-0.3, -0.25) is 0 Å². The zero-order valence-corrected chi connectivity index (χ0v) is 14.5. The summed E-state index contributed by atoms with van der Waals surface area (Å²) in [5, 5.41) is 17.3. The molecule has 0 fully saturated rings. The molecule has 0 radical (unpaired) electrons. The van der Waals surface area contributed by atoms with Crippen molar-refractivity contribution in [3.8, 4) is 28.5 Å². The van der Waals surface area contributed by atoms with Crippen molar-refractivity contribution in [3.63, 3.8) is 0 Å².